The first-order chi connectivity index (χ1) is 37.5. The number of unbranched alkanes of at least 4 members (excludes halogenated alkanes) is 46. The molecule has 0 heterocycles. The molecule has 0 rings (SSSR count). The summed E-state index contributed by atoms with van der Waals surface area (Å²) >= 11 is 0. The number of allylic oxidation sites excluding steroid dienone is 7. The summed E-state index contributed by atoms with van der Waals surface area (Å²) in [5.74, 6) is -0.0818. The molecule has 0 spiro atoms. The quantitative estimate of drug-likeness (QED) is 0.0320. The van der Waals surface area contributed by atoms with Crippen LogP contribution in [0.2, 0.25) is 0 Å². The lowest BCUT2D eigenvalue weighted by Crippen LogP contribution is -2.45. The number of ether oxygens (including phenoxy) is 1. The Hall–Kier alpha value is -2.18. The van der Waals surface area contributed by atoms with Crippen molar-refractivity contribution in [2.24, 2.45) is 0 Å². The summed E-state index contributed by atoms with van der Waals surface area (Å²) in [4.78, 5) is 24.6. The van der Waals surface area contributed by atoms with Gasteiger partial charge in [-0.2, -0.15) is 0 Å². The average Bonchev–Trinajstić information content (AvgIpc) is 3.42. The second-order valence-corrected chi connectivity index (χ2v) is 23.1. The third-order valence-electron chi connectivity index (χ3n) is 15.6. The monoisotopic (exact) mass is 1070 g/mol. The second kappa shape index (κ2) is 65.3. The zero-order chi connectivity index (χ0) is 55.0. The largest absolute Gasteiger partial charge is 0.466 e. The van der Waals surface area contributed by atoms with E-state index in [1.165, 1.54) is 276 Å². The summed E-state index contributed by atoms with van der Waals surface area (Å²) < 4.78 is 5.48. The van der Waals surface area contributed by atoms with Crippen molar-refractivity contribution in [2.45, 2.75) is 373 Å². The van der Waals surface area contributed by atoms with Crippen LogP contribution in [0.15, 0.2) is 48.6 Å². The number of aliphatic hydroxyl groups excluding tert-OH is 2. The number of esters is 1. The zero-order valence-corrected chi connectivity index (χ0v) is 51.0. The predicted octanol–water partition coefficient (Wildman–Crippen LogP) is 21.7. The van der Waals surface area contributed by atoms with E-state index in [4.69, 9.17) is 4.74 Å². The first kappa shape index (κ1) is 73.8. The first-order valence-corrected chi connectivity index (χ1v) is 33.9. The number of rotatable bonds is 63. The molecule has 6 nitrogen and oxygen atoms in total. The smallest absolute Gasteiger partial charge is 0.305 e. The van der Waals surface area contributed by atoms with Crippen molar-refractivity contribution in [2.75, 3.05) is 13.2 Å². The van der Waals surface area contributed by atoms with E-state index in [0.717, 1.165) is 57.8 Å². The van der Waals surface area contributed by atoms with Crippen LogP contribution in [0.1, 0.15) is 361 Å². The van der Waals surface area contributed by atoms with E-state index in [0.29, 0.717) is 19.4 Å². The molecule has 0 aliphatic rings. The molecule has 2 atom stereocenters. The highest BCUT2D eigenvalue weighted by molar-refractivity contribution is 5.76. The highest BCUT2D eigenvalue weighted by Crippen LogP contribution is 2.18. The maximum Gasteiger partial charge on any atom is 0.305 e. The summed E-state index contributed by atoms with van der Waals surface area (Å²) in [7, 11) is 0. The Morgan fingerprint density at radius 2 is 0.658 bits per heavy atom. The molecule has 0 saturated carbocycles. The van der Waals surface area contributed by atoms with Crippen LogP contribution < -0.4 is 5.32 Å². The van der Waals surface area contributed by atoms with Gasteiger partial charge in [-0.1, -0.05) is 306 Å². The van der Waals surface area contributed by atoms with Gasteiger partial charge >= 0.3 is 5.97 Å². The number of nitrogens with one attached hydrogen (secondary N) is 1. The molecule has 76 heavy (non-hydrogen) atoms. The number of hydrogen-bond donors (Lipinski definition) is 3. The summed E-state index contributed by atoms with van der Waals surface area (Å²) in [5, 5.41) is 23.2. The van der Waals surface area contributed by atoms with Crippen LogP contribution in [0.4, 0.5) is 0 Å². The lowest BCUT2D eigenvalue weighted by molar-refractivity contribution is -0.143. The van der Waals surface area contributed by atoms with Crippen molar-refractivity contribution in [1.82, 2.24) is 5.32 Å². The summed E-state index contributed by atoms with van der Waals surface area (Å²) in [6, 6.07) is -0.637. The molecule has 3 N–H and O–H groups in total. The van der Waals surface area contributed by atoms with Crippen LogP contribution in [0, 0.1) is 0 Å². The van der Waals surface area contributed by atoms with Crippen molar-refractivity contribution in [3.05, 3.63) is 48.6 Å². The van der Waals surface area contributed by atoms with Gasteiger partial charge < -0.3 is 20.3 Å². The first-order valence-electron chi connectivity index (χ1n) is 33.9. The predicted molar refractivity (Wildman–Crippen MR) is 333 cm³/mol. The van der Waals surface area contributed by atoms with Gasteiger partial charge in [-0.3, -0.25) is 9.59 Å². The van der Waals surface area contributed by atoms with Gasteiger partial charge in [-0.25, -0.2) is 0 Å². The van der Waals surface area contributed by atoms with E-state index in [2.05, 4.69) is 55.6 Å². The third kappa shape index (κ3) is 61.0. The fraction of sp³-hybridized carbons (Fsp3) is 0.857. The van der Waals surface area contributed by atoms with Gasteiger partial charge in [0.1, 0.15) is 0 Å². The summed E-state index contributed by atoms with van der Waals surface area (Å²) in [6.07, 6.45) is 84.5. The molecule has 0 aliphatic carbocycles. The number of carbonyl (C=O) groups excluding carboxylic acids is 2. The maximum atomic E-state index is 12.5. The van der Waals surface area contributed by atoms with E-state index in [1.54, 1.807) is 6.08 Å². The van der Waals surface area contributed by atoms with Gasteiger partial charge in [-0.15, -0.1) is 0 Å². The van der Waals surface area contributed by atoms with E-state index in [-0.39, 0.29) is 18.5 Å². The van der Waals surface area contributed by atoms with Crippen molar-refractivity contribution in [3.8, 4) is 0 Å². The van der Waals surface area contributed by atoms with Gasteiger partial charge in [0, 0.05) is 12.8 Å². The molecule has 446 valence electrons. The van der Waals surface area contributed by atoms with Crippen molar-refractivity contribution < 1.29 is 24.5 Å². The average molecular weight is 1070 g/mol. The minimum Gasteiger partial charge on any atom is -0.466 e. The lowest BCUT2D eigenvalue weighted by Gasteiger charge is -2.20. The normalized spacial score (nSPS) is 12.8. The number of aliphatic hydroxyl groups is 2. The Kier molecular flexibility index (Phi) is 63.5. The maximum absolute atomic E-state index is 12.5. The summed E-state index contributed by atoms with van der Waals surface area (Å²) in [5.41, 5.74) is 0. The molecule has 0 bridgehead atoms. The van der Waals surface area contributed by atoms with E-state index < -0.39 is 12.1 Å². The number of amides is 1. The third-order valence-corrected chi connectivity index (χ3v) is 15.6. The lowest BCUT2D eigenvalue weighted by atomic mass is 10.0. The molecule has 2 unspecified atom stereocenters. The molecular weight excluding hydrogens is 935 g/mol. The second-order valence-electron chi connectivity index (χ2n) is 23.1. The van der Waals surface area contributed by atoms with Gasteiger partial charge in [0.2, 0.25) is 5.91 Å². The standard InChI is InChI=1S/C70H131NO5/c1-3-5-7-9-11-13-15-17-19-21-22-23-24-25-28-31-34-38-42-46-50-54-58-62-68(73)67(66-72)71-69(74)63-59-55-51-47-43-39-35-32-29-26-27-30-33-37-41-45-49-53-57-61-65-76-70(75)64-60-56-52-48-44-40-36-20-18-16-14-12-10-8-6-4-2/h14,16,20,26,29,36,58,62,67-68,72-73H,3-13,15,17-19,21-25,27-28,30-35,37-57,59-61,63-66H2,1-2H3,(H,71,74)/b16-14-,29-26-,36-20-,62-58+. The van der Waals surface area contributed by atoms with Gasteiger partial charge in [0.25, 0.3) is 0 Å². The number of hydrogen-bond acceptors (Lipinski definition) is 5. The van der Waals surface area contributed by atoms with E-state index >= 15 is 0 Å². The Balaban J connectivity index is 3.47. The van der Waals surface area contributed by atoms with Crippen molar-refractivity contribution >= 4 is 11.9 Å². The Morgan fingerprint density at radius 1 is 0.368 bits per heavy atom. The molecule has 6 heteroatoms. The zero-order valence-electron chi connectivity index (χ0n) is 51.0. The van der Waals surface area contributed by atoms with Gasteiger partial charge in [-0.05, 0) is 89.9 Å². The topological polar surface area (TPSA) is 95.9 Å². The molecule has 0 aliphatic heterocycles. The van der Waals surface area contributed by atoms with Crippen LogP contribution in [0.5, 0.6) is 0 Å². The molecule has 0 aromatic carbocycles. The van der Waals surface area contributed by atoms with Gasteiger partial charge in [0.15, 0.2) is 0 Å². The molecule has 0 fully saturated rings. The van der Waals surface area contributed by atoms with Gasteiger partial charge in [0.05, 0.1) is 25.4 Å². The highest BCUT2D eigenvalue weighted by Gasteiger charge is 2.18. The fourth-order valence-corrected chi connectivity index (χ4v) is 10.4. The molecular formula is C70H131NO5. The number of carbonyl (C=O) groups is 2. The molecule has 0 aromatic rings. The van der Waals surface area contributed by atoms with Crippen LogP contribution in [0.3, 0.4) is 0 Å². The highest BCUT2D eigenvalue weighted by atomic mass is 16.5. The Morgan fingerprint density at radius 3 is 1.03 bits per heavy atom. The Labute approximate surface area is 474 Å². The van der Waals surface area contributed by atoms with E-state index in [9.17, 15) is 19.8 Å². The minimum absolute atomic E-state index is 0.00773. The SMILES string of the molecule is CCCCCC/C=C\C/C=C\CCCCCCCC(=O)OCCCCCCCCCCC/C=C\CCCCCCCCCC(=O)NC(CO)C(O)/C=C/CCCCCCCCCCCCCCCCCCCCCCC. The van der Waals surface area contributed by atoms with Crippen LogP contribution in [-0.2, 0) is 14.3 Å². The van der Waals surface area contributed by atoms with E-state index in [1.807, 2.05) is 6.08 Å². The van der Waals surface area contributed by atoms with Crippen molar-refractivity contribution in [1.29, 1.82) is 0 Å². The molecule has 0 aromatic heterocycles. The molecule has 1 amide bonds. The van der Waals surface area contributed by atoms with Crippen LogP contribution >= 0.6 is 0 Å². The fourth-order valence-electron chi connectivity index (χ4n) is 10.4. The summed E-state index contributed by atoms with van der Waals surface area (Å²) in [6.45, 7) is 4.89. The Bertz CT molecular complexity index is 1270. The van der Waals surface area contributed by atoms with Crippen molar-refractivity contribution in [3.63, 3.8) is 0 Å². The molecule has 0 saturated heterocycles. The van der Waals surface area contributed by atoms with Crippen LogP contribution in [-0.4, -0.2) is 47.4 Å². The van der Waals surface area contributed by atoms with Crippen LogP contribution in [0.25, 0.3) is 0 Å². The molecule has 0 radical (unpaired) electrons. The minimum atomic E-state index is -0.853.